The minimum Gasteiger partial charge on any atom is -0.482 e. The van der Waals surface area contributed by atoms with Crippen LogP contribution in [0.2, 0.25) is 10.0 Å². The average Bonchev–Trinajstić information content (AvgIpc) is 2.97. The maximum absolute atomic E-state index is 12.0. The molecule has 0 radical (unpaired) electrons. The lowest BCUT2D eigenvalue weighted by atomic mass is 10.3. The molecule has 0 aliphatic carbocycles. The van der Waals surface area contributed by atoms with Crippen LogP contribution in [-0.2, 0) is 11.8 Å². The molecule has 134 valence electrons. The SMILES string of the molecule is C/C(=N/NC(=O)COc1cc(Cl)ccc1Cl)c1nc2ccccc2n1C. The standard InChI is InChI=1S/C18H16Cl2N4O2/c1-11(18-21-14-5-3-4-6-15(14)24(18)2)22-23-17(25)10-26-16-9-12(19)7-8-13(16)20/h3-9H,10H2,1-2H3,(H,23,25)/b22-11-. The number of nitrogens with zero attached hydrogens (tertiary/aromatic N) is 3. The molecule has 26 heavy (non-hydrogen) atoms. The fourth-order valence-corrected chi connectivity index (χ4v) is 2.76. The van der Waals surface area contributed by atoms with Crippen LogP contribution in [0.1, 0.15) is 12.7 Å². The number of hydrogen-bond donors (Lipinski definition) is 1. The number of imidazole rings is 1. The zero-order chi connectivity index (χ0) is 18.7. The summed E-state index contributed by atoms with van der Waals surface area (Å²) in [5, 5.41) is 4.95. The van der Waals surface area contributed by atoms with Crippen LogP contribution in [0, 0.1) is 0 Å². The number of para-hydroxylation sites is 2. The van der Waals surface area contributed by atoms with Crippen LogP contribution >= 0.6 is 23.2 Å². The molecular formula is C18H16Cl2N4O2. The molecule has 0 aliphatic heterocycles. The summed E-state index contributed by atoms with van der Waals surface area (Å²) < 4.78 is 7.29. The van der Waals surface area contributed by atoms with Gasteiger partial charge >= 0.3 is 0 Å². The van der Waals surface area contributed by atoms with Crippen LogP contribution in [0.5, 0.6) is 5.75 Å². The number of ether oxygens (including phenoxy) is 1. The Kier molecular flexibility index (Phi) is 5.44. The van der Waals surface area contributed by atoms with Crippen LogP contribution in [0.3, 0.4) is 0 Å². The van der Waals surface area contributed by atoms with E-state index in [0.29, 0.717) is 27.3 Å². The number of halogens is 2. The molecule has 3 aromatic rings. The van der Waals surface area contributed by atoms with Crippen LogP contribution in [-0.4, -0.2) is 27.8 Å². The molecule has 0 fully saturated rings. The fraction of sp³-hybridized carbons (Fsp3) is 0.167. The zero-order valence-electron chi connectivity index (χ0n) is 14.2. The van der Waals surface area contributed by atoms with Crippen molar-refractivity contribution in [3.63, 3.8) is 0 Å². The molecule has 0 atom stereocenters. The van der Waals surface area contributed by atoms with Crippen molar-refractivity contribution in [3.8, 4) is 5.75 Å². The first-order valence-electron chi connectivity index (χ1n) is 7.78. The number of rotatable bonds is 5. The molecule has 3 rings (SSSR count). The fourth-order valence-electron chi connectivity index (χ4n) is 2.43. The van der Waals surface area contributed by atoms with Crippen molar-refractivity contribution in [2.75, 3.05) is 6.61 Å². The van der Waals surface area contributed by atoms with Crippen molar-refractivity contribution < 1.29 is 9.53 Å². The Balaban J connectivity index is 1.65. The van der Waals surface area contributed by atoms with Gasteiger partial charge in [0, 0.05) is 18.1 Å². The molecular weight excluding hydrogens is 375 g/mol. The monoisotopic (exact) mass is 390 g/mol. The first-order chi connectivity index (χ1) is 12.5. The first-order valence-corrected chi connectivity index (χ1v) is 8.54. The van der Waals surface area contributed by atoms with Crippen molar-refractivity contribution in [2.24, 2.45) is 12.1 Å². The molecule has 1 N–H and O–H groups in total. The Morgan fingerprint density at radius 1 is 1.27 bits per heavy atom. The maximum Gasteiger partial charge on any atom is 0.277 e. The smallest absolute Gasteiger partial charge is 0.277 e. The summed E-state index contributed by atoms with van der Waals surface area (Å²) in [6.45, 7) is 1.54. The normalized spacial score (nSPS) is 11.6. The van der Waals surface area contributed by atoms with Crippen LogP contribution < -0.4 is 10.2 Å². The Hall–Kier alpha value is -2.57. The lowest BCUT2D eigenvalue weighted by molar-refractivity contribution is -0.123. The molecule has 0 bridgehead atoms. The summed E-state index contributed by atoms with van der Waals surface area (Å²) in [5.41, 5.74) is 4.89. The minimum atomic E-state index is -0.417. The number of carbonyl (C=O) groups is 1. The number of nitrogens with one attached hydrogen (secondary N) is 1. The van der Waals surface area contributed by atoms with Gasteiger partial charge in [-0.3, -0.25) is 4.79 Å². The third-order valence-corrected chi connectivity index (χ3v) is 4.26. The van der Waals surface area contributed by atoms with Crippen LogP contribution in [0.4, 0.5) is 0 Å². The average molecular weight is 391 g/mol. The Morgan fingerprint density at radius 3 is 2.81 bits per heavy atom. The molecule has 1 heterocycles. The maximum atomic E-state index is 12.0. The molecule has 0 saturated carbocycles. The van der Waals surface area contributed by atoms with E-state index in [1.807, 2.05) is 35.9 Å². The van der Waals surface area contributed by atoms with Crippen molar-refractivity contribution >= 4 is 45.9 Å². The Morgan fingerprint density at radius 2 is 2.04 bits per heavy atom. The third kappa shape index (κ3) is 3.98. The highest BCUT2D eigenvalue weighted by atomic mass is 35.5. The summed E-state index contributed by atoms with van der Waals surface area (Å²) in [5.74, 6) is 0.592. The number of hydrazone groups is 1. The largest absolute Gasteiger partial charge is 0.482 e. The summed E-state index contributed by atoms with van der Waals surface area (Å²) >= 11 is 11.9. The molecule has 0 aliphatic rings. The molecule has 1 aromatic heterocycles. The van der Waals surface area contributed by atoms with E-state index in [4.69, 9.17) is 27.9 Å². The van der Waals surface area contributed by atoms with E-state index in [2.05, 4.69) is 15.5 Å². The van der Waals surface area contributed by atoms with Crippen molar-refractivity contribution in [1.29, 1.82) is 0 Å². The van der Waals surface area contributed by atoms with E-state index in [0.717, 1.165) is 11.0 Å². The van der Waals surface area contributed by atoms with E-state index in [1.165, 1.54) is 0 Å². The number of aryl methyl sites for hydroxylation is 1. The third-order valence-electron chi connectivity index (χ3n) is 3.71. The first kappa shape index (κ1) is 18.2. The Bertz CT molecular complexity index is 998. The number of benzene rings is 2. The molecule has 0 saturated heterocycles. The number of amides is 1. The van der Waals surface area contributed by atoms with E-state index in [1.54, 1.807) is 25.1 Å². The minimum absolute atomic E-state index is 0.237. The van der Waals surface area contributed by atoms with Crippen LogP contribution in [0.25, 0.3) is 11.0 Å². The molecule has 0 unspecified atom stereocenters. The van der Waals surface area contributed by atoms with Crippen molar-refractivity contribution in [3.05, 3.63) is 58.3 Å². The van der Waals surface area contributed by atoms with Gasteiger partial charge in [-0.05, 0) is 31.2 Å². The molecule has 8 heteroatoms. The topological polar surface area (TPSA) is 68.5 Å². The number of carbonyl (C=O) groups excluding carboxylic acids is 1. The van der Waals surface area contributed by atoms with Gasteiger partial charge < -0.3 is 9.30 Å². The van der Waals surface area contributed by atoms with Gasteiger partial charge in [0.1, 0.15) is 11.5 Å². The van der Waals surface area contributed by atoms with Crippen molar-refractivity contribution in [1.82, 2.24) is 15.0 Å². The van der Waals surface area contributed by atoms with Gasteiger partial charge in [0.05, 0.1) is 16.1 Å². The lowest BCUT2D eigenvalue weighted by Crippen LogP contribution is -2.26. The van der Waals surface area contributed by atoms with Crippen molar-refractivity contribution in [2.45, 2.75) is 6.92 Å². The summed E-state index contributed by atoms with van der Waals surface area (Å²) in [6.07, 6.45) is 0. The van der Waals surface area contributed by atoms with Gasteiger partial charge in [-0.1, -0.05) is 35.3 Å². The summed E-state index contributed by atoms with van der Waals surface area (Å²) in [7, 11) is 1.90. The highest BCUT2D eigenvalue weighted by Gasteiger charge is 2.11. The summed E-state index contributed by atoms with van der Waals surface area (Å²) in [6, 6.07) is 12.6. The van der Waals surface area contributed by atoms with Gasteiger partial charge in [-0.25, -0.2) is 10.4 Å². The molecule has 1 amide bonds. The molecule has 0 spiro atoms. The predicted molar refractivity (Wildman–Crippen MR) is 103 cm³/mol. The highest BCUT2D eigenvalue weighted by Crippen LogP contribution is 2.27. The second kappa shape index (κ2) is 7.76. The van der Waals surface area contributed by atoms with Crippen LogP contribution in [0.15, 0.2) is 47.6 Å². The van der Waals surface area contributed by atoms with Gasteiger partial charge in [-0.2, -0.15) is 5.10 Å². The quantitative estimate of drug-likeness (QED) is 0.531. The second-order valence-electron chi connectivity index (χ2n) is 5.58. The highest BCUT2D eigenvalue weighted by molar-refractivity contribution is 6.34. The lowest BCUT2D eigenvalue weighted by Gasteiger charge is -2.07. The summed E-state index contributed by atoms with van der Waals surface area (Å²) in [4.78, 5) is 16.5. The molecule has 6 nitrogen and oxygen atoms in total. The van der Waals surface area contributed by atoms with Gasteiger partial charge in [-0.15, -0.1) is 0 Å². The Labute approximate surface area is 160 Å². The van der Waals surface area contributed by atoms with E-state index < -0.39 is 5.91 Å². The molecule has 2 aromatic carbocycles. The van der Waals surface area contributed by atoms with E-state index in [9.17, 15) is 4.79 Å². The zero-order valence-corrected chi connectivity index (χ0v) is 15.7. The number of hydrogen-bond acceptors (Lipinski definition) is 4. The van der Waals surface area contributed by atoms with Gasteiger partial charge in [0.25, 0.3) is 5.91 Å². The predicted octanol–water partition coefficient (Wildman–Crippen LogP) is 3.80. The van der Waals surface area contributed by atoms with Gasteiger partial charge in [0.2, 0.25) is 0 Å². The number of fused-ring (bicyclic) bond motifs is 1. The van der Waals surface area contributed by atoms with Gasteiger partial charge in [0.15, 0.2) is 12.4 Å². The second-order valence-corrected chi connectivity index (χ2v) is 6.42. The van der Waals surface area contributed by atoms with E-state index >= 15 is 0 Å². The van der Waals surface area contributed by atoms with E-state index in [-0.39, 0.29) is 6.61 Å². The number of aromatic nitrogens is 2.